The van der Waals surface area contributed by atoms with Crippen molar-refractivity contribution >= 4 is 15.9 Å². The molecule has 0 bridgehead atoms. The van der Waals surface area contributed by atoms with E-state index in [1.807, 2.05) is 0 Å². The molecule has 0 fully saturated rings. The van der Waals surface area contributed by atoms with Crippen LogP contribution in [0.25, 0.3) is 0 Å². The maximum atomic E-state index is 10.6. The lowest BCUT2D eigenvalue weighted by Crippen LogP contribution is -1.99. The van der Waals surface area contributed by atoms with Gasteiger partial charge in [-0.2, -0.15) is 8.42 Å². The average Bonchev–Trinajstić information content (AvgIpc) is 2.01. The summed E-state index contributed by atoms with van der Waals surface area (Å²) in [6.07, 6.45) is 0. The second-order valence-corrected chi connectivity index (χ2v) is 4.54. The topological polar surface area (TPSA) is 71.4 Å². The minimum Gasteiger partial charge on any atom is -0.300 e. The monoisotopic (exact) mass is 230 g/mol. The maximum absolute atomic E-state index is 10.6. The van der Waals surface area contributed by atoms with Crippen molar-refractivity contribution in [2.45, 2.75) is 25.7 Å². The third-order valence-corrected chi connectivity index (χ3v) is 2.39. The molecule has 1 rings (SSSR count). The molecule has 1 aromatic rings. The number of ketones is 1. The third-order valence-electron chi connectivity index (χ3n) is 1.37. The molecular formula is C10H14O4S. The Balaban J connectivity index is 0.000000423. The Labute approximate surface area is 89.7 Å². The van der Waals surface area contributed by atoms with Gasteiger partial charge in [0.15, 0.2) is 0 Å². The number of rotatable bonds is 1. The first kappa shape index (κ1) is 13.8. The van der Waals surface area contributed by atoms with E-state index in [0.29, 0.717) is 5.56 Å². The highest BCUT2D eigenvalue weighted by atomic mass is 32.2. The van der Waals surface area contributed by atoms with Crippen LogP contribution in [0.3, 0.4) is 0 Å². The van der Waals surface area contributed by atoms with Crippen molar-refractivity contribution < 1.29 is 17.8 Å². The van der Waals surface area contributed by atoms with Crippen LogP contribution in [0.2, 0.25) is 0 Å². The lowest BCUT2D eigenvalue weighted by atomic mass is 10.2. The summed E-state index contributed by atoms with van der Waals surface area (Å²) >= 11 is 0. The van der Waals surface area contributed by atoms with Gasteiger partial charge in [-0.1, -0.05) is 18.2 Å². The van der Waals surface area contributed by atoms with Crippen LogP contribution >= 0.6 is 0 Å². The molecular weight excluding hydrogens is 216 g/mol. The zero-order valence-corrected chi connectivity index (χ0v) is 9.71. The van der Waals surface area contributed by atoms with E-state index in [2.05, 4.69) is 0 Å². The first-order valence-corrected chi connectivity index (χ1v) is 5.69. The fourth-order valence-electron chi connectivity index (χ4n) is 0.846. The van der Waals surface area contributed by atoms with Crippen LogP contribution in [0.4, 0.5) is 0 Å². The summed E-state index contributed by atoms with van der Waals surface area (Å²) < 4.78 is 29.9. The molecule has 0 heterocycles. The second-order valence-electron chi connectivity index (χ2n) is 3.15. The van der Waals surface area contributed by atoms with Gasteiger partial charge in [0.25, 0.3) is 10.1 Å². The van der Waals surface area contributed by atoms with Gasteiger partial charge in [-0.15, -0.1) is 0 Å². The van der Waals surface area contributed by atoms with Crippen molar-refractivity contribution in [2.75, 3.05) is 0 Å². The molecule has 0 radical (unpaired) electrons. The average molecular weight is 230 g/mol. The quantitative estimate of drug-likeness (QED) is 0.747. The Bertz CT molecular complexity index is 430. The molecule has 84 valence electrons. The largest absolute Gasteiger partial charge is 0.300 e. The number of hydrogen-bond donors (Lipinski definition) is 1. The summed E-state index contributed by atoms with van der Waals surface area (Å²) in [6.45, 7) is 4.68. The van der Waals surface area contributed by atoms with E-state index in [1.54, 1.807) is 25.1 Å². The molecule has 0 aliphatic carbocycles. The number of hydrogen-bond acceptors (Lipinski definition) is 3. The second kappa shape index (κ2) is 5.63. The first-order valence-electron chi connectivity index (χ1n) is 4.25. The minimum atomic E-state index is -4.03. The van der Waals surface area contributed by atoms with Crippen LogP contribution in [-0.4, -0.2) is 18.8 Å². The van der Waals surface area contributed by atoms with Gasteiger partial charge < -0.3 is 4.79 Å². The fourth-order valence-corrected chi connectivity index (χ4v) is 1.57. The molecule has 0 saturated carbocycles. The number of benzene rings is 1. The Hall–Kier alpha value is -1.20. The standard InChI is InChI=1S/C7H8O3S.C3H6O/c1-6-4-2-3-5-7(6)11(8,9)10;1-3(2)4/h2-5H,1H3,(H,8,9,10);1-2H3. The highest BCUT2D eigenvalue weighted by Crippen LogP contribution is 2.12. The molecule has 0 aliphatic rings. The van der Waals surface area contributed by atoms with Gasteiger partial charge in [0.1, 0.15) is 5.78 Å². The van der Waals surface area contributed by atoms with E-state index < -0.39 is 10.1 Å². The number of aryl methyl sites for hydroxylation is 1. The molecule has 1 N–H and O–H groups in total. The van der Waals surface area contributed by atoms with Gasteiger partial charge in [-0.25, -0.2) is 0 Å². The molecule has 0 spiro atoms. The van der Waals surface area contributed by atoms with Crippen LogP contribution in [0.15, 0.2) is 29.2 Å². The van der Waals surface area contributed by atoms with Crippen LogP contribution in [0, 0.1) is 6.92 Å². The Morgan fingerprint density at radius 2 is 1.60 bits per heavy atom. The number of carbonyl (C=O) groups is 1. The molecule has 1 aromatic carbocycles. The SMILES string of the molecule is CC(C)=O.Cc1ccccc1S(=O)(=O)O. The first-order chi connectivity index (χ1) is 6.75. The van der Waals surface area contributed by atoms with Crippen molar-refractivity contribution in [3.63, 3.8) is 0 Å². The lowest BCUT2D eigenvalue weighted by molar-refractivity contribution is -0.114. The molecule has 0 unspecified atom stereocenters. The zero-order chi connectivity index (χ0) is 12.1. The van der Waals surface area contributed by atoms with Crippen molar-refractivity contribution in [1.82, 2.24) is 0 Å². The van der Waals surface area contributed by atoms with E-state index >= 15 is 0 Å². The molecule has 0 amide bonds. The predicted molar refractivity (Wildman–Crippen MR) is 57.3 cm³/mol. The van der Waals surface area contributed by atoms with Crippen LogP contribution in [-0.2, 0) is 14.9 Å². The smallest absolute Gasteiger partial charge is 0.294 e. The van der Waals surface area contributed by atoms with Gasteiger partial charge >= 0.3 is 0 Å². The molecule has 15 heavy (non-hydrogen) atoms. The summed E-state index contributed by atoms with van der Waals surface area (Å²) in [5, 5.41) is 0. The normalized spacial score (nSPS) is 10.1. The Morgan fingerprint density at radius 1 is 1.20 bits per heavy atom. The van der Waals surface area contributed by atoms with Crippen molar-refractivity contribution in [3.05, 3.63) is 29.8 Å². The summed E-state index contributed by atoms with van der Waals surface area (Å²) in [5.41, 5.74) is 0.551. The predicted octanol–water partition coefficient (Wildman–Crippen LogP) is 1.84. The Kier molecular flexibility index (Phi) is 5.18. The van der Waals surface area contributed by atoms with Gasteiger partial charge in [0, 0.05) is 0 Å². The highest BCUT2D eigenvalue weighted by molar-refractivity contribution is 7.85. The van der Waals surface area contributed by atoms with Crippen molar-refractivity contribution in [2.24, 2.45) is 0 Å². The highest BCUT2D eigenvalue weighted by Gasteiger charge is 2.10. The molecule has 0 atom stereocenters. The molecule has 0 aromatic heterocycles. The van der Waals surface area contributed by atoms with E-state index in [1.165, 1.54) is 19.9 Å². The number of Topliss-reactive ketones (excluding diaryl/α,β-unsaturated/α-hetero) is 1. The summed E-state index contributed by atoms with van der Waals surface area (Å²) in [7, 11) is -4.03. The van der Waals surface area contributed by atoms with Crippen LogP contribution < -0.4 is 0 Å². The van der Waals surface area contributed by atoms with E-state index in [-0.39, 0.29) is 10.7 Å². The summed E-state index contributed by atoms with van der Waals surface area (Å²) in [5.74, 6) is 0.167. The Morgan fingerprint density at radius 3 is 1.87 bits per heavy atom. The van der Waals surface area contributed by atoms with Gasteiger partial charge in [0.2, 0.25) is 0 Å². The molecule has 4 nitrogen and oxygen atoms in total. The zero-order valence-electron chi connectivity index (χ0n) is 8.89. The molecule has 5 heteroatoms. The number of carbonyl (C=O) groups excluding carboxylic acids is 1. The van der Waals surface area contributed by atoms with E-state index in [9.17, 15) is 13.2 Å². The molecule has 0 saturated heterocycles. The van der Waals surface area contributed by atoms with Gasteiger partial charge in [-0.05, 0) is 32.4 Å². The fraction of sp³-hybridized carbons (Fsp3) is 0.300. The summed E-state index contributed by atoms with van der Waals surface area (Å²) in [4.78, 5) is 9.42. The lowest BCUT2D eigenvalue weighted by Gasteiger charge is -1.99. The van der Waals surface area contributed by atoms with Gasteiger partial charge in [-0.3, -0.25) is 4.55 Å². The van der Waals surface area contributed by atoms with E-state index in [4.69, 9.17) is 4.55 Å². The van der Waals surface area contributed by atoms with Crippen LogP contribution in [0.1, 0.15) is 19.4 Å². The van der Waals surface area contributed by atoms with Gasteiger partial charge in [0.05, 0.1) is 4.90 Å². The van der Waals surface area contributed by atoms with E-state index in [0.717, 1.165) is 0 Å². The minimum absolute atomic E-state index is 0.0278. The molecule has 0 aliphatic heterocycles. The summed E-state index contributed by atoms with van der Waals surface area (Å²) in [6, 6.07) is 6.27. The van der Waals surface area contributed by atoms with Crippen molar-refractivity contribution in [3.8, 4) is 0 Å². The van der Waals surface area contributed by atoms with Crippen molar-refractivity contribution in [1.29, 1.82) is 0 Å². The van der Waals surface area contributed by atoms with Crippen LogP contribution in [0.5, 0.6) is 0 Å². The third kappa shape index (κ3) is 5.98. The maximum Gasteiger partial charge on any atom is 0.294 e.